The predicted octanol–water partition coefficient (Wildman–Crippen LogP) is 4.22. The van der Waals surface area contributed by atoms with Crippen molar-refractivity contribution in [3.8, 4) is 0 Å². The van der Waals surface area contributed by atoms with Gasteiger partial charge in [0.15, 0.2) is 0 Å². The van der Waals surface area contributed by atoms with Crippen LogP contribution in [0.3, 0.4) is 0 Å². The van der Waals surface area contributed by atoms with E-state index in [1.165, 1.54) is 0 Å². The van der Waals surface area contributed by atoms with Gasteiger partial charge in [0.1, 0.15) is 5.82 Å². The number of carbonyl (C=O) groups is 1. The van der Waals surface area contributed by atoms with Crippen molar-refractivity contribution in [1.82, 2.24) is 14.9 Å². The van der Waals surface area contributed by atoms with Crippen molar-refractivity contribution >= 4 is 40.1 Å². The zero-order valence-corrected chi connectivity index (χ0v) is 14.7. The average molecular weight is 362 g/mol. The van der Waals surface area contributed by atoms with Gasteiger partial charge in [-0.25, -0.2) is 4.98 Å². The van der Waals surface area contributed by atoms with Gasteiger partial charge in [-0.1, -0.05) is 41.4 Å². The molecule has 0 atom stereocenters. The molecule has 0 aliphatic carbocycles. The molecule has 0 fully saturated rings. The summed E-state index contributed by atoms with van der Waals surface area (Å²) < 4.78 is 2.10. The summed E-state index contributed by atoms with van der Waals surface area (Å²) in [7, 11) is 0. The van der Waals surface area contributed by atoms with E-state index in [1.807, 2.05) is 24.3 Å². The number of imidazole rings is 1. The summed E-state index contributed by atoms with van der Waals surface area (Å²) in [5.41, 5.74) is 2.64. The minimum absolute atomic E-state index is 0.139. The van der Waals surface area contributed by atoms with Crippen LogP contribution < -0.4 is 5.32 Å². The van der Waals surface area contributed by atoms with E-state index in [-0.39, 0.29) is 12.3 Å². The molecule has 0 radical (unpaired) electrons. The molecule has 0 bridgehead atoms. The fourth-order valence-electron chi connectivity index (χ4n) is 2.72. The number of rotatable bonds is 5. The Morgan fingerprint density at radius 1 is 1.12 bits per heavy atom. The summed E-state index contributed by atoms with van der Waals surface area (Å²) in [6, 6.07) is 13.2. The maximum absolute atomic E-state index is 12.2. The summed E-state index contributed by atoms with van der Waals surface area (Å²) in [4.78, 5) is 16.8. The van der Waals surface area contributed by atoms with E-state index in [0.29, 0.717) is 22.2 Å². The molecule has 0 saturated heterocycles. The third-order valence-corrected chi connectivity index (χ3v) is 4.60. The lowest BCUT2D eigenvalue weighted by Gasteiger charge is -2.09. The Morgan fingerprint density at radius 2 is 1.83 bits per heavy atom. The molecule has 0 unspecified atom stereocenters. The first-order valence-corrected chi connectivity index (χ1v) is 8.49. The smallest absolute Gasteiger partial charge is 0.224 e. The lowest BCUT2D eigenvalue weighted by Crippen LogP contribution is -2.26. The SMILES string of the molecule is CCn1c(CNC(=O)Cc2c(Cl)cccc2Cl)nc2ccccc21. The number of fused-ring (bicyclic) bond motifs is 1. The molecule has 6 heteroatoms. The number of carbonyl (C=O) groups excluding carboxylic acids is 1. The Balaban J connectivity index is 1.73. The van der Waals surface area contributed by atoms with Gasteiger partial charge in [-0.15, -0.1) is 0 Å². The van der Waals surface area contributed by atoms with Gasteiger partial charge in [-0.05, 0) is 36.8 Å². The fourth-order valence-corrected chi connectivity index (χ4v) is 3.25. The average Bonchev–Trinajstić information content (AvgIpc) is 2.94. The van der Waals surface area contributed by atoms with Gasteiger partial charge < -0.3 is 9.88 Å². The van der Waals surface area contributed by atoms with Crippen molar-refractivity contribution in [3.63, 3.8) is 0 Å². The Labute approximate surface area is 150 Å². The van der Waals surface area contributed by atoms with Crippen LogP contribution in [0.25, 0.3) is 11.0 Å². The monoisotopic (exact) mass is 361 g/mol. The molecule has 2 aromatic carbocycles. The zero-order chi connectivity index (χ0) is 17.1. The lowest BCUT2D eigenvalue weighted by molar-refractivity contribution is -0.120. The molecule has 0 saturated carbocycles. The van der Waals surface area contributed by atoms with Crippen LogP contribution >= 0.6 is 23.2 Å². The van der Waals surface area contributed by atoms with Gasteiger partial charge in [0.2, 0.25) is 5.91 Å². The number of amides is 1. The molecule has 24 heavy (non-hydrogen) atoms. The summed E-state index contributed by atoms with van der Waals surface area (Å²) in [5, 5.41) is 3.90. The second-order valence-corrected chi connectivity index (χ2v) is 6.23. The highest BCUT2D eigenvalue weighted by molar-refractivity contribution is 6.36. The normalized spacial score (nSPS) is 11.0. The first-order chi connectivity index (χ1) is 11.6. The van der Waals surface area contributed by atoms with Crippen molar-refractivity contribution in [1.29, 1.82) is 0 Å². The van der Waals surface area contributed by atoms with Crippen molar-refractivity contribution in [2.75, 3.05) is 0 Å². The molecular weight excluding hydrogens is 345 g/mol. The molecule has 0 aliphatic rings. The number of aromatic nitrogens is 2. The first kappa shape index (κ1) is 16.8. The van der Waals surface area contributed by atoms with Gasteiger partial charge in [-0.3, -0.25) is 4.79 Å². The second-order valence-electron chi connectivity index (χ2n) is 5.41. The molecule has 1 N–H and O–H groups in total. The van der Waals surface area contributed by atoms with Gasteiger partial charge >= 0.3 is 0 Å². The molecule has 1 aromatic heterocycles. The van der Waals surface area contributed by atoms with Gasteiger partial charge in [0.05, 0.1) is 24.0 Å². The highest BCUT2D eigenvalue weighted by Crippen LogP contribution is 2.24. The third-order valence-electron chi connectivity index (χ3n) is 3.89. The number of hydrogen-bond donors (Lipinski definition) is 1. The van der Waals surface area contributed by atoms with E-state index < -0.39 is 0 Å². The van der Waals surface area contributed by atoms with Crippen LogP contribution in [-0.4, -0.2) is 15.5 Å². The summed E-state index contributed by atoms with van der Waals surface area (Å²) >= 11 is 12.2. The van der Waals surface area contributed by atoms with E-state index in [4.69, 9.17) is 23.2 Å². The Morgan fingerprint density at radius 3 is 2.54 bits per heavy atom. The van der Waals surface area contributed by atoms with Crippen LogP contribution in [0.5, 0.6) is 0 Å². The lowest BCUT2D eigenvalue weighted by atomic mass is 10.1. The molecule has 1 amide bonds. The van der Waals surface area contributed by atoms with Gasteiger partial charge in [0, 0.05) is 16.6 Å². The number of nitrogens with one attached hydrogen (secondary N) is 1. The molecule has 3 aromatic rings. The van der Waals surface area contributed by atoms with E-state index in [2.05, 4.69) is 21.8 Å². The van der Waals surface area contributed by atoms with Crippen molar-refractivity contribution in [2.24, 2.45) is 0 Å². The van der Waals surface area contributed by atoms with E-state index >= 15 is 0 Å². The molecule has 0 spiro atoms. The van der Waals surface area contributed by atoms with E-state index in [1.54, 1.807) is 18.2 Å². The van der Waals surface area contributed by atoms with Gasteiger partial charge in [0.25, 0.3) is 0 Å². The molecule has 4 nitrogen and oxygen atoms in total. The fraction of sp³-hybridized carbons (Fsp3) is 0.222. The number of aryl methyl sites for hydroxylation is 1. The highest BCUT2D eigenvalue weighted by Gasteiger charge is 2.13. The van der Waals surface area contributed by atoms with Crippen LogP contribution in [0.2, 0.25) is 10.0 Å². The van der Waals surface area contributed by atoms with Crippen LogP contribution in [0.15, 0.2) is 42.5 Å². The third kappa shape index (κ3) is 3.40. The highest BCUT2D eigenvalue weighted by atomic mass is 35.5. The Kier molecular flexibility index (Phi) is 5.07. The number of para-hydroxylation sites is 2. The molecule has 124 valence electrons. The summed E-state index contributed by atoms with van der Waals surface area (Å²) in [6.45, 7) is 3.22. The maximum Gasteiger partial charge on any atom is 0.224 e. The Hall–Kier alpha value is -2.04. The molecule has 3 rings (SSSR count). The van der Waals surface area contributed by atoms with Crippen LogP contribution in [-0.2, 0) is 24.3 Å². The number of halogens is 2. The topological polar surface area (TPSA) is 46.9 Å². The van der Waals surface area contributed by atoms with Crippen LogP contribution in [0.4, 0.5) is 0 Å². The minimum Gasteiger partial charge on any atom is -0.349 e. The Bertz CT molecular complexity index is 869. The summed E-state index contributed by atoms with van der Waals surface area (Å²) in [5.74, 6) is 0.692. The molecular formula is C18H17Cl2N3O. The van der Waals surface area contributed by atoms with Crippen molar-refractivity contribution in [3.05, 3.63) is 63.9 Å². The number of nitrogens with zero attached hydrogens (tertiary/aromatic N) is 2. The van der Waals surface area contributed by atoms with E-state index in [0.717, 1.165) is 23.4 Å². The molecule has 0 aliphatic heterocycles. The largest absolute Gasteiger partial charge is 0.349 e. The van der Waals surface area contributed by atoms with Gasteiger partial charge in [-0.2, -0.15) is 0 Å². The van der Waals surface area contributed by atoms with Crippen LogP contribution in [0, 0.1) is 0 Å². The van der Waals surface area contributed by atoms with Crippen molar-refractivity contribution in [2.45, 2.75) is 26.4 Å². The predicted molar refractivity (Wildman–Crippen MR) is 97.4 cm³/mol. The first-order valence-electron chi connectivity index (χ1n) is 7.74. The van der Waals surface area contributed by atoms with Crippen LogP contribution in [0.1, 0.15) is 18.3 Å². The number of hydrogen-bond acceptors (Lipinski definition) is 2. The second kappa shape index (κ2) is 7.24. The quantitative estimate of drug-likeness (QED) is 0.739. The number of benzene rings is 2. The minimum atomic E-state index is -0.139. The zero-order valence-electron chi connectivity index (χ0n) is 13.2. The maximum atomic E-state index is 12.2. The summed E-state index contributed by atoms with van der Waals surface area (Å²) in [6.07, 6.45) is 0.144. The van der Waals surface area contributed by atoms with Crippen molar-refractivity contribution < 1.29 is 4.79 Å². The molecule has 1 heterocycles. The standard InChI is InChI=1S/C18H17Cl2N3O/c1-2-23-16-9-4-3-8-15(16)22-17(23)11-21-18(24)10-12-13(19)6-5-7-14(12)20/h3-9H,2,10-11H2,1H3,(H,21,24). The van der Waals surface area contributed by atoms with E-state index in [9.17, 15) is 4.79 Å².